The standard InChI is InChI=1S/C18H27N3O3.ClH/c1-13(2)10-20-18(23)15-7-3-4-8-16(15)21-17(22)12-19-11-14-6-5-9-24-14;/h3-4,7-8,13-14,19H,5-6,9-12H2,1-2H3,(H,20,23)(H,21,22);1H. The van der Waals surface area contributed by atoms with E-state index in [1.165, 1.54) is 0 Å². The number of para-hydroxylation sites is 1. The third-order valence-electron chi connectivity index (χ3n) is 3.80. The van der Waals surface area contributed by atoms with Gasteiger partial charge in [-0.05, 0) is 30.9 Å². The Morgan fingerprint density at radius 3 is 2.72 bits per heavy atom. The van der Waals surface area contributed by atoms with Crippen LogP contribution in [-0.4, -0.2) is 44.2 Å². The van der Waals surface area contributed by atoms with Gasteiger partial charge in [0, 0.05) is 19.7 Å². The molecule has 1 unspecified atom stereocenters. The first-order chi connectivity index (χ1) is 11.6. The smallest absolute Gasteiger partial charge is 0.253 e. The topological polar surface area (TPSA) is 79.5 Å². The van der Waals surface area contributed by atoms with Gasteiger partial charge in [0.25, 0.3) is 5.91 Å². The number of carbonyl (C=O) groups excluding carboxylic acids is 2. The number of nitrogens with one attached hydrogen (secondary N) is 3. The summed E-state index contributed by atoms with van der Waals surface area (Å²) in [4.78, 5) is 24.3. The van der Waals surface area contributed by atoms with Gasteiger partial charge in [0.1, 0.15) is 0 Å². The van der Waals surface area contributed by atoms with E-state index in [0.717, 1.165) is 19.4 Å². The molecule has 7 heteroatoms. The summed E-state index contributed by atoms with van der Waals surface area (Å²) in [5.41, 5.74) is 1.01. The molecular weight excluding hydrogens is 342 g/mol. The number of hydrogen-bond donors (Lipinski definition) is 3. The summed E-state index contributed by atoms with van der Waals surface area (Å²) in [6, 6.07) is 7.04. The lowest BCUT2D eigenvalue weighted by Gasteiger charge is -2.13. The molecule has 1 aliphatic rings. The summed E-state index contributed by atoms with van der Waals surface area (Å²) in [6.07, 6.45) is 2.32. The zero-order valence-corrected chi connectivity index (χ0v) is 15.7. The van der Waals surface area contributed by atoms with Crippen LogP contribution in [0.25, 0.3) is 0 Å². The summed E-state index contributed by atoms with van der Waals surface area (Å²) >= 11 is 0. The molecule has 0 aliphatic carbocycles. The molecule has 1 aromatic rings. The molecule has 0 radical (unpaired) electrons. The van der Waals surface area contributed by atoms with Gasteiger partial charge in [-0.2, -0.15) is 0 Å². The van der Waals surface area contributed by atoms with Crippen LogP contribution < -0.4 is 16.0 Å². The van der Waals surface area contributed by atoms with E-state index in [4.69, 9.17) is 4.74 Å². The maximum Gasteiger partial charge on any atom is 0.253 e. The van der Waals surface area contributed by atoms with E-state index in [-0.39, 0.29) is 36.9 Å². The lowest BCUT2D eigenvalue weighted by atomic mass is 10.1. The van der Waals surface area contributed by atoms with Crippen molar-refractivity contribution in [1.82, 2.24) is 10.6 Å². The van der Waals surface area contributed by atoms with E-state index >= 15 is 0 Å². The fraction of sp³-hybridized carbons (Fsp3) is 0.556. The van der Waals surface area contributed by atoms with Gasteiger partial charge in [-0.1, -0.05) is 26.0 Å². The van der Waals surface area contributed by atoms with Crippen LogP contribution in [0, 0.1) is 5.92 Å². The Balaban J connectivity index is 0.00000312. The van der Waals surface area contributed by atoms with Crippen molar-refractivity contribution in [3.63, 3.8) is 0 Å². The molecule has 1 aromatic carbocycles. The minimum absolute atomic E-state index is 0. The molecule has 2 rings (SSSR count). The van der Waals surface area contributed by atoms with Crippen molar-refractivity contribution in [2.24, 2.45) is 5.92 Å². The molecule has 1 saturated heterocycles. The van der Waals surface area contributed by atoms with Gasteiger partial charge >= 0.3 is 0 Å². The second-order valence-corrected chi connectivity index (χ2v) is 6.46. The Bertz CT molecular complexity index is 560. The van der Waals surface area contributed by atoms with Crippen molar-refractivity contribution >= 4 is 29.9 Å². The quantitative estimate of drug-likeness (QED) is 0.656. The molecule has 2 amide bonds. The van der Waals surface area contributed by atoms with Crippen molar-refractivity contribution in [1.29, 1.82) is 0 Å². The number of carbonyl (C=O) groups is 2. The van der Waals surface area contributed by atoms with E-state index in [1.54, 1.807) is 24.3 Å². The van der Waals surface area contributed by atoms with E-state index in [1.807, 2.05) is 13.8 Å². The summed E-state index contributed by atoms with van der Waals surface area (Å²) in [7, 11) is 0. The summed E-state index contributed by atoms with van der Waals surface area (Å²) < 4.78 is 5.50. The SMILES string of the molecule is CC(C)CNC(=O)c1ccccc1NC(=O)CNCC1CCCO1.Cl. The molecule has 0 saturated carbocycles. The Kier molecular flexibility index (Phi) is 9.49. The molecule has 1 aliphatic heterocycles. The van der Waals surface area contributed by atoms with Crippen LogP contribution in [0.15, 0.2) is 24.3 Å². The van der Waals surface area contributed by atoms with Gasteiger partial charge in [-0.25, -0.2) is 0 Å². The first-order valence-electron chi connectivity index (χ1n) is 8.55. The van der Waals surface area contributed by atoms with Gasteiger partial charge in [0.15, 0.2) is 0 Å². The maximum absolute atomic E-state index is 12.2. The monoisotopic (exact) mass is 369 g/mol. The van der Waals surface area contributed by atoms with Gasteiger partial charge < -0.3 is 20.7 Å². The number of halogens is 1. The second-order valence-electron chi connectivity index (χ2n) is 6.46. The van der Waals surface area contributed by atoms with Crippen molar-refractivity contribution < 1.29 is 14.3 Å². The summed E-state index contributed by atoms with van der Waals surface area (Å²) in [5, 5.41) is 8.77. The predicted octanol–water partition coefficient (Wildman–Crippen LogP) is 2.20. The molecule has 3 N–H and O–H groups in total. The number of ether oxygens (including phenoxy) is 1. The van der Waals surface area contributed by atoms with Crippen LogP contribution in [0.2, 0.25) is 0 Å². The summed E-state index contributed by atoms with van der Waals surface area (Å²) in [6.45, 7) is 6.34. The minimum Gasteiger partial charge on any atom is -0.377 e. The highest BCUT2D eigenvalue weighted by atomic mass is 35.5. The Labute approximate surface area is 155 Å². The van der Waals surface area contributed by atoms with Gasteiger partial charge in [-0.3, -0.25) is 9.59 Å². The number of amides is 2. The third kappa shape index (κ3) is 7.42. The largest absolute Gasteiger partial charge is 0.377 e. The molecule has 0 bridgehead atoms. The molecule has 1 heterocycles. The molecule has 1 fully saturated rings. The van der Waals surface area contributed by atoms with Crippen LogP contribution in [-0.2, 0) is 9.53 Å². The first-order valence-corrected chi connectivity index (χ1v) is 8.55. The Morgan fingerprint density at radius 1 is 1.28 bits per heavy atom. The molecule has 1 atom stereocenters. The van der Waals surface area contributed by atoms with Gasteiger partial charge in [-0.15, -0.1) is 12.4 Å². The normalized spacial score (nSPS) is 16.4. The van der Waals surface area contributed by atoms with E-state index < -0.39 is 0 Å². The average molecular weight is 370 g/mol. The highest BCUT2D eigenvalue weighted by Crippen LogP contribution is 2.15. The molecule has 25 heavy (non-hydrogen) atoms. The number of benzene rings is 1. The average Bonchev–Trinajstić information content (AvgIpc) is 3.06. The predicted molar refractivity (Wildman–Crippen MR) is 101 cm³/mol. The fourth-order valence-corrected chi connectivity index (χ4v) is 2.53. The molecule has 0 spiro atoms. The van der Waals surface area contributed by atoms with Crippen molar-refractivity contribution in [2.75, 3.05) is 31.6 Å². The first kappa shape index (κ1) is 21.4. The van der Waals surface area contributed by atoms with Crippen LogP contribution in [0.4, 0.5) is 5.69 Å². The minimum atomic E-state index is -0.174. The fourth-order valence-electron chi connectivity index (χ4n) is 2.53. The van der Waals surface area contributed by atoms with Crippen LogP contribution in [0.3, 0.4) is 0 Å². The second kappa shape index (κ2) is 11.1. The number of anilines is 1. The molecule has 140 valence electrons. The lowest BCUT2D eigenvalue weighted by molar-refractivity contribution is -0.115. The van der Waals surface area contributed by atoms with Crippen molar-refractivity contribution in [3.05, 3.63) is 29.8 Å². The van der Waals surface area contributed by atoms with Crippen LogP contribution in [0.1, 0.15) is 37.0 Å². The van der Waals surface area contributed by atoms with Crippen LogP contribution >= 0.6 is 12.4 Å². The number of rotatable bonds is 8. The zero-order valence-electron chi connectivity index (χ0n) is 14.8. The Morgan fingerprint density at radius 2 is 2.04 bits per heavy atom. The van der Waals surface area contributed by atoms with Crippen molar-refractivity contribution in [3.8, 4) is 0 Å². The zero-order chi connectivity index (χ0) is 17.4. The Hall–Kier alpha value is -1.63. The van der Waals surface area contributed by atoms with Crippen molar-refractivity contribution in [2.45, 2.75) is 32.8 Å². The molecule has 0 aromatic heterocycles. The maximum atomic E-state index is 12.2. The summed E-state index contributed by atoms with van der Waals surface area (Å²) in [5.74, 6) is 0.0294. The van der Waals surface area contributed by atoms with Crippen LogP contribution in [0.5, 0.6) is 0 Å². The molecule has 6 nitrogen and oxygen atoms in total. The molecular formula is C18H28ClN3O3. The lowest BCUT2D eigenvalue weighted by Crippen LogP contribution is -2.34. The van der Waals surface area contributed by atoms with E-state index in [0.29, 0.717) is 30.3 Å². The van der Waals surface area contributed by atoms with E-state index in [9.17, 15) is 9.59 Å². The van der Waals surface area contributed by atoms with Gasteiger partial charge in [0.2, 0.25) is 5.91 Å². The highest BCUT2D eigenvalue weighted by Gasteiger charge is 2.16. The highest BCUT2D eigenvalue weighted by molar-refractivity contribution is 6.04. The third-order valence-corrected chi connectivity index (χ3v) is 3.80. The van der Waals surface area contributed by atoms with E-state index in [2.05, 4.69) is 16.0 Å². The number of hydrogen-bond acceptors (Lipinski definition) is 4. The van der Waals surface area contributed by atoms with Gasteiger partial charge in [0.05, 0.1) is 23.9 Å².